The first kappa shape index (κ1) is 21.0. The van der Waals surface area contributed by atoms with Gasteiger partial charge in [0.15, 0.2) is 0 Å². The topological polar surface area (TPSA) is 46.0 Å². The minimum absolute atomic E-state index is 0.0440. The van der Waals surface area contributed by atoms with Gasteiger partial charge in [-0.05, 0) is 27.7 Å². The molecule has 1 heterocycles. The van der Waals surface area contributed by atoms with Gasteiger partial charge in [0, 0.05) is 5.41 Å². The van der Waals surface area contributed by atoms with Crippen LogP contribution in [0.1, 0.15) is 55.4 Å². The molecular weight excluding hydrogens is 270 g/mol. The number of hydrogen-bond acceptors (Lipinski definition) is 3. The molecular formula is C16H27NO2S. The van der Waals surface area contributed by atoms with E-state index < -0.39 is 0 Å². The van der Waals surface area contributed by atoms with Crippen LogP contribution in [0, 0.1) is 17.3 Å². The summed E-state index contributed by atoms with van der Waals surface area (Å²) in [6, 6.07) is 0. The van der Waals surface area contributed by atoms with E-state index in [0.717, 1.165) is 4.91 Å². The summed E-state index contributed by atoms with van der Waals surface area (Å²) in [5, 5.41) is 2.42. The predicted octanol–water partition coefficient (Wildman–Crippen LogP) is 5.07. The smallest absolute Gasteiger partial charge is 0.338 e. The van der Waals surface area contributed by atoms with Crippen LogP contribution in [-0.4, -0.2) is 5.16 Å². The molecule has 0 aliphatic rings. The van der Waals surface area contributed by atoms with E-state index in [2.05, 4.69) is 21.5 Å². The van der Waals surface area contributed by atoms with Crippen LogP contribution in [0.4, 0.5) is 0 Å². The molecule has 0 atom stereocenters. The molecule has 1 aromatic rings. The van der Waals surface area contributed by atoms with E-state index in [1.165, 1.54) is 18.0 Å². The van der Waals surface area contributed by atoms with Crippen molar-refractivity contribution < 1.29 is 4.52 Å². The van der Waals surface area contributed by atoms with Crippen molar-refractivity contribution in [1.29, 1.82) is 0 Å². The minimum Gasteiger partial charge on any atom is -0.338 e. The second-order valence-corrected chi connectivity index (χ2v) is 5.35. The first-order chi connectivity index (χ1) is 9.42. The molecule has 0 bridgehead atoms. The van der Waals surface area contributed by atoms with E-state index in [1.807, 2.05) is 61.5 Å². The van der Waals surface area contributed by atoms with Gasteiger partial charge in [-0.2, -0.15) is 0 Å². The molecule has 1 N–H and O–H groups in total. The number of thioether (sulfide) groups is 1. The van der Waals surface area contributed by atoms with Crippen LogP contribution < -0.4 is 5.63 Å². The molecule has 20 heavy (non-hydrogen) atoms. The highest BCUT2D eigenvalue weighted by atomic mass is 32.2. The normalized spacial score (nSPS) is 10.3. The molecule has 0 aromatic carbocycles. The van der Waals surface area contributed by atoms with Crippen molar-refractivity contribution in [3.05, 3.63) is 27.6 Å². The fourth-order valence-corrected chi connectivity index (χ4v) is 1.53. The molecule has 114 valence electrons. The highest BCUT2D eigenvalue weighted by Crippen LogP contribution is 2.23. The monoisotopic (exact) mass is 297 g/mol. The van der Waals surface area contributed by atoms with Crippen molar-refractivity contribution >= 4 is 11.8 Å². The molecule has 0 saturated heterocycles. The van der Waals surface area contributed by atoms with Crippen LogP contribution in [0.5, 0.6) is 0 Å². The summed E-state index contributed by atoms with van der Waals surface area (Å²) in [4.78, 5) is 12.6. The van der Waals surface area contributed by atoms with E-state index in [1.54, 1.807) is 0 Å². The molecule has 4 heteroatoms. The SMILES string of the molecule is C/C=C(/C#CC(C)(C)C)Sc1c[nH]oc1=O.CC.CC. The van der Waals surface area contributed by atoms with E-state index in [4.69, 9.17) is 0 Å². The molecule has 0 unspecified atom stereocenters. The van der Waals surface area contributed by atoms with Gasteiger partial charge in [-0.15, -0.1) is 0 Å². The number of aromatic nitrogens is 1. The van der Waals surface area contributed by atoms with Crippen LogP contribution in [0.25, 0.3) is 0 Å². The quantitative estimate of drug-likeness (QED) is 0.612. The lowest BCUT2D eigenvalue weighted by Crippen LogP contribution is -1.99. The Morgan fingerprint density at radius 1 is 1.30 bits per heavy atom. The summed E-state index contributed by atoms with van der Waals surface area (Å²) < 4.78 is 4.58. The second-order valence-electron chi connectivity index (χ2n) is 4.27. The molecule has 0 amide bonds. The fraction of sp³-hybridized carbons (Fsp3) is 0.562. The third kappa shape index (κ3) is 9.57. The Morgan fingerprint density at radius 2 is 1.85 bits per heavy atom. The maximum absolute atomic E-state index is 11.2. The van der Waals surface area contributed by atoms with Gasteiger partial charge in [0.25, 0.3) is 0 Å². The molecule has 0 radical (unpaired) electrons. The molecule has 0 spiro atoms. The molecule has 0 aliphatic heterocycles. The second kappa shape index (κ2) is 11.5. The van der Waals surface area contributed by atoms with Crippen LogP contribution in [0.15, 0.2) is 31.4 Å². The van der Waals surface area contributed by atoms with Crippen molar-refractivity contribution in [2.75, 3.05) is 0 Å². The van der Waals surface area contributed by atoms with Crippen LogP contribution >= 0.6 is 11.8 Å². The van der Waals surface area contributed by atoms with Crippen LogP contribution in [0.2, 0.25) is 0 Å². The van der Waals surface area contributed by atoms with Crippen LogP contribution in [-0.2, 0) is 0 Å². The molecule has 1 rings (SSSR count). The Bertz CT molecular complexity index is 493. The summed E-state index contributed by atoms with van der Waals surface area (Å²) in [6.45, 7) is 16.0. The number of H-pyrrole nitrogens is 1. The summed E-state index contributed by atoms with van der Waals surface area (Å²) in [7, 11) is 0. The van der Waals surface area contributed by atoms with Gasteiger partial charge < -0.3 is 4.52 Å². The molecule has 0 fully saturated rings. The summed E-state index contributed by atoms with van der Waals surface area (Å²) >= 11 is 1.31. The highest BCUT2D eigenvalue weighted by molar-refractivity contribution is 8.03. The van der Waals surface area contributed by atoms with Gasteiger partial charge >= 0.3 is 5.63 Å². The Kier molecular flexibility index (Phi) is 12.0. The molecule has 1 aromatic heterocycles. The number of nitrogens with one attached hydrogen (secondary N) is 1. The van der Waals surface area contributed by atoms with Crippen LogP contribution in [0.3, 0.4) is 0 Å². The Balaban J connectivity index is 0. The largest absolute Gasteiger partial charge is 0.371 e. The Hall–Kier alpha value is -1.34. The lowest BCUT2D eigenvalue weighted by Gasteiger charge is -2.07. The number of rotatable bonds is 2. The zero-order valence-electron chi connectivity index (χ0n) is 13.9. The van der Waals surface area contributed by atoms with Gasteiger partial charge in [0.2, 0.25) is 0 Å². The third-order valence-electron chi connectivity index (χ3n) is 1.59. The number of aromatic amines is 1. The number of allylic oxidation sites excluding steroid dienone is 2. The average Bonchev–Trinajstić information content (AvgIpc) is 2.83. The lowest BCUT2D eigenvalue weighted by atomic mass is 9.98. The minimum atomic E-state index is -0.359. The van der Waals surface area contributed by atoms with E-state index in [0.29, 0.717) is 4.90 Å². The van der Waals surface area contributed by atoms with Crippen molar-refractivity contribution in [1.82, 2.24) is 5.16 Å². The van der Waals surface area contributed by atoms with Gasteiger partial charge in [0.05, 0.1) is 11.1 Å². The molecule has 0 aliphatic carbocycles. The average molecular weight is 297 g/mol. The third-order valence-corrected chi connectivity index (χ3v) is 2.65. The Labute approximate surface area is 127 Å². The summed E-state index contributed by atoms with van der Waals surface area (Å²) in [5.74, 6) is 6.18. The maximum Gasteiger partial charge on any atom is 0.371 e. The first-order valence-corrected chi connectivity index (χ1v) is 7.78. The van der Waals surface area contributed by atoms with Gasteiger partial charge in [-0.1, -0.05) is 57.4 Å². The molecule has 0 saturated carbocycles. The van der Waals surface area contributed by atoms with Crippen molar-refractivity contribution in [2.45, 2.75) is 60.3 Å². The first-order valence-electron chi connectivity index (χ1n) is 6.96. The predicted molar refractivity (Wildman–Crippen MR) is 88.9 cm³/mol. The standard InChI is InChI=1S/C12H15NO2S.2C2H6/c1-5-9(6-7-12(2,3)4)16-10-8-13-15-11(10)14;2*1-2/h5,8,13H,1-4H3;2*1-2H3/b9-5-;;. The lowest BCUT2D eigenvalue weighted by molar-refractivity contribution is 0.388. The number of hydrogen-bond donors (Lipinski definition) is 1. The van der Waals surface area contributed by atoms with Gasteiger partial charge in [0.1, 0.15) is 4.90 Å². The summed E-state index contributed by atoms with van der Waals surface area (Å²) in [5.41, 5.74) is -0.403. The van der Waals surface area contributed by atoms with E-state index >= 15 is 0 Å². The maximum atomic E-state index is 11.2. The molecule has 3 nitrogen and oxygen atoms in total. The van der Waals surface area contributed by atoms with Gasteiger partial charge in [-0.3, -0.25) is 0 Å². The Morgan fingerprint density at radius 3 is 2.20 bits per heavy atom. The fourth-order valence-electron chi connectivity index (χ4n) is 0.841. The summed E-state index contributed by atoms with van der Waals surface area (Å²) in [6.07, 6.45) is 3.42. The van der Waals surface area contributed by atoms with Crippen molar-refractivity contribution in [3.8, 4) is 11.8 Å². The zero-order chi connectivity index (χ0) is 16.2. The zero-order valence-corrected chi connectivity index (χ0v) is 14.7. The van der Waals surface area contributed by atoms with Crippen molar-refractivity contribution in [2.24, 2.45) is 5.41 Å². The van der Waals surface area contributed by atoms with Gasteiger partial charge in [-0.25, -0.2) is 9.95 Å². The van der Waals surface area contributed by atoms with E-state index in [9.17, 15) is 4.79 Å². The van der Waals surface area contributed by atoms with E-state index in [-0.39, 0.29) is 11.0 Å². The van der Waals surface area contributed by atoms with Crippen molar-refractivity contribution in [3.63, 3.8) is 0 Å². The highest BCUT2D eigenvalue weighted by Gasteiger charge is 2.07.